The zero-order valence-corrected chi connectivity index (χ0v) is 19.8. The van der Waals surface area contributed by atoms with Crippen LogP contribution in [0, 0.1) is 13.8 Å². The van der Waals surface area contributed by atoms with Gasteiger partial charge in [0.2, 0.25) is 0 Å². The molecule has 1 atom stereocenters. The molecule has 166 valence electrons. The molecular weight excluding hydrogens is 427 g/mol. The summed E-state index contributed by atoms with van der Waals surface area (Å²) in [6.45, 7) is 8.81. The van der Waals surface area contributed by atoms with Crippen LogP contribution in [-0.2, 0) is 29.8 Å². The van der Waals surface area contributed by atoms with Crippen molar-refractivity contribution in [2.24, 2.45) is 0 Å². The first kappa shape index (κ1) is 24.6. The fourth-order valence-corrected chi connectivity index (χ4v) is 5.66. The van der Waals surface area contributed by atoms with Crippen molar-refractivity contribution in [3.63, 3.8) is 0 Å². The van der Waals surface area contributed by atoms with Crippen LogP contribution in [0.15, 0.2) is 35.2 Å². The van der Waals surface area contributed by atoms with Gasteiger partial charge in [-0.25, -0.2) is 0 Å². The van der Waals surface area contributed by atoms with E-state index in [9.17, 15) is 17.9 Å². The lowest BCUT2D eigenvalue weighted by atomic mass is 9.93. The van der Waals surface area contributed by atoms with Crippen molar-refractivity contribution in [1.82, 2.24) is 0 Å². The molecule has 1 unspecified atom stereocenters. The smallest absolute Gasteiger partial charge is 0.339 e. The molecule has 2 aromatic rings. The summed E-state index contributed by atoms with van der Waals surface area (Å²) in [5, 5.41) is 0. The Labute approximate surface area is 178 Å². The van der Waals surface area contributed by atoms with E-state index in [-0.39, 0.29) is 17.6 Å². The first-order valence-electron chi connectivity index (χ1n) is 9.45. The van der Waals surface area contributed by atoms with Gasteiger partial charge in [-0.1, -0.05) is 26.0 Å². The SMILES string of the molecule is COCOc1ccc(Cc2c(C)cc(S(=O)(=O)OP(C)(=O)O)cc2C)cc1C(C)C. The summed E-state index contributed by atoms with van der Waals surface area (Å²) in [6, 6.07) is 8.91. The predicted molar refractivity (Wildman–Crippen MR) is 116 cm³/mol. The molecule has 7 nitrogen and oxygen atoms in total. The van der Waals surface area contributed by atoms with Crippen molar-refractivity contribution >= 4 is 17.7 Å². The summed E-state index contributed by atoms with van der Waals surface area (Å²) in [5.74, 6) is 1.03. The van der Waals surface area contributed by atoms with Gasteiger partial charge in [-0.05, 0) is 72.2 Å². The molecule has 0 spiro atoms. The molecule has 0 aliphatic rings. The van der Waals surface area contributed by atoms with Crippen molar-refractivity contribution in [3.8, 4) is 5.75 Å². The second-order valence-corrected chi connectivity index (χ2v) is 11.2. The van der Waals surface area contributed by atoms with E-state index in [1.54, 1.807) is 7.11 Å². The fraction of sp³-hybridized carbons (Fsp3) is 0.429. The molecule has 9 heteroatoms. The Balaban J connectivity index is 2.38. The van der Waals surface area contributed by atoms with Gasteiger partial charge in [-0.3, -0.25) is 4.57 Å². The molecule has 0 amide bonds. The summed E-state index contributed by atoms with van der Waals surface area (Å²) in [5.41, 5.74) is 4.63. The van der Waals surface area contributed by atoms with Gasteiger partial charge in [0.25, 0.3) is 0 Å². The van der Waals surface area contributed by atoms with E-state index >= 15 is 0 Å². The van der Waals surface area contributed by atoms with Gasteiger partial charge in [-0.15, -0.1) is 0 Å². The standard InChI is InChI=1S/C21H29O7PS/c1-14(2)19-11-17(7-8-21(19)27-13-26-5)12-20-15(3)9-18(10-16(20)4)30(24,25)28-29(6,22)23/h7-11,14H,12-13H2,1-6H3,(H,22,23). The van der Waals surface area contributed by atoms with Crippen LogP contribution in [0.3, 0.4) is 0 Å². The molecule has 30 heavy (non-hydrogen) atoms. The number of benzene rings is 2. The highest BCUT2D eigenvalue weighted by Gasteiger charge is 2.26. The number of aryl methyl sites for hydroxylation is 2. The van der Waals surface area contributed by atoms with Crippen molar-refractivity contribution in [3.05, 3.63) is 58.1 Å². The highest BCUT2D eigenvalue weighted by Crippen LogP contribution is 2.41. The Hall–Kier alpha value is -1.70. The topological polar surface area (TPSA) is 99.1 Å². The van der Waals surface area contributed by atoms with E-state index in [0.717, 1.165) is 40.2 Å². The van der Waals surface area contributed by atoms with Crippen LogP contribution in [0.5, 0.6) is 5.75 Å². The van der Waals surface area contributed by atoms with E-state index in [1.165, 1.54) is 12.1 Å². The van der Waals surface area contributed by atoms with Gasteiger partial charge in [0, 0.05) is 13.8 Å². The van der Waals surface area contributed by atoms with Crippen LogP contribution < -0.4 is 4.74 Å². The number of rotatable bonds is 9. The van der Waals surface area contributed by atoms with Crippen molar-refractivity contribution in [1.29, 1.82) is 0 Å². The lowest BCUT2D eigenvalue weighted by Crippen LogP contribution is -2.07. The van der Waals surface area contributed by atoms with E-state index in [0.29, 0.717) is 6.42 Å². The number of ether oxygens (including phenoxy) is 2. The Kier molecular flexibility index (Phi) is 7.88. The molecular formula is C21H29O7PS. The predicted octanol–water partition coefficient (Wildman–Crippen LogP) is 4.52. The summed E-state index contributed by atoms with van der Waals surface area (Å²) in [7, 11) is -6.94. The zero-order valence-electron chi connectivity index (χ0n) is 18.1. The van der Waals surface area contributed by atoms with Crippen LogP contribution in [0.25, 0.3) is 0 Å². The quantitative estimate of drug-likeness (QED) is 0.437. The van der Waals surface area contributed by atoms with Gasteiger partial charge in [0.15, 0.2) is 6.79 Å². The van der Waals surface area contributed by atoms with Crippen LogP contribution in [0.1, 0.15) is 47.6 Å². The maximum Gasteiger partial charge on any atom is 0.339 e. The van der Waals surface area contributed by atoms with Crippen LogP contribution in [0.4, 0.5) is 0 Å². The van der Waals surface area contributed by atoms with Crippen LogP contribution in [-0.4, -0.2) is 33.9 Å². The second-order valence-electron chi connectivity index (χ2n) is 7.62. The highest BCUT2D eigenvalue weighted by atomic mass is 32.2. The minimum Gasteiger partial charge on any atom is -0.467 e. The Morgan fingerprint density at radius 1 is 1.10 bits per heavy atom. The summed E-state index contributed by atoms with van der Waals surface area (Å²) in [4.78, 5) is 9.15. The van der Waals surface area contributed by atoms with Gasteiger partial charge >= 0.3 is 17.7 Å². The molecule has 0 aliphatic heterocycles. The number of hydrogen-bond donors (Lipinski definition) is 1. The first-order valence-corrected chi connectivity index (χ1v) is 12.9. The molecule has 0 bridgehead atoms. The fourth-order valence-electron chi connectivity index (χ4n) is 3.22. The van der Waals surface area contributed by atoms with E-state index in [1.807, 2.05) is 26.0 Å². The van der Waals surface area contributed by atoms with Gasteiger partial charge in [-0.2, -0.15) is 12.4 Å². The van der Waals surface area contributed by atoms with Gasteiger partial charge < -0.3 is 14.4 Å². The Morgan fingerprint density at radius 2 is 1.70 bits per heavy atom. The van der Waals surface area contributed by atoms with Crippen LogP contribution in [0.2, 0.25) is 0 Å². The lowest BCUT2D eigenvalue weighted by molar-refractivity contribution is 0.0502. The normalized spacial score (nSPS) is 14.0. The molecule has 0 saturated heterocycles. The monoisotopic (exact) mass is 456 g/mol. The average Bonchev–Trinajstić information content (AvgIpc) is 2.61. The van der Waals surface area contributed by atoms with Crippen molar-refractivity contribution in [2.75, 3.05) is 20.6 Å². The minimum atomic E-state index is -4.33. The van der Waals surface area contributed by atoms with Crippen molar-refractivity contribution < 1.29 is 31.3 Å². The van der Waals surface area contributed by atoms with Gasteiger partial charge in [0.05, 0.1) is 4.90 Å². The first-order chi connectivity index (χ1) is 13.8. The highest BCUT2D eigenvalue weighted by molar-refractivity contribution is 7.91. The maximum atomic E-state index is 12.3. The number of methoxy groups -OCH3 is 1. The van der Waals surface area contributed by atoms with Gasteiger partial charge in [0.1, 0.15) is 5.75 Å². The summed E-state index contributed by atoms with van der Waals surface area (Å²) in [6.07, 6.45) is 0.607. The second kappa shape index (κ2) is 9.62. The molecule has 0 heterocycles. The molecule has 1 N–H and O–H groups in total. The largest absolute Gasteiger partial charge is 0.467 e. The average molecular weight is 456 g/mol. The maximum absolute atomic E-state index is 12.3. The summed E-state index contributed by atoms with van der Waals surface area (Å²) < 4.78 is 51.0. The molecule has 0 aliphatic carbocycles. The zero-order chi connectivity index (χ0) is 22.7. The van der Waals surface area contributed by atoms with Crippen LogP contribution >= 0.6 is 7.60 Å². The molecule has 0 aromatic heterocycles. The molecule has 0 saturated carbocycles. The Bertz CT molecular complexity index is 1030. The lowest BCUT2D eigenvalue weighted by Gasteiger charge is -2.17. The molecule has 2 aromatic carbocycles. The third-order valence-electron chi connectivity index (χ3n) is 4.60. The third-order valence-corrected chi connectivity index (χ3v) is 7.31. The summed E-state index contributed by atoms with van der Waals surface area (Å²) >= 11 is 0. The number of hydrogen-bond acceptors (Lipinski definition) is 6. The van der Waals surface area contributed by atoms with E-state index < -0.39 is 17.7 Å². The molecule has 0 fully saturated rings. The molecule has 0 radical (unpaired) electrons. The third kappa shape index (κ3) is 6.40. The van der Waals surface area contributed by atoms with E-state index in [2.05, 4.69) is 23.9 Å². The van der Waals surface area contributed by atoms with E-state index in [4.69, 9.17) is 9.47 Å². The minimum absolute atomic E-state index is 0.136. The Morgan fingerprint density at radius 3 is 2.20 bits per heavy atom. The van der Waals surface area contributed by atoms with Crippen molar-refractivity contribution in [2.45, 2.75) is 44.9 Å². The molecule has 2 rings (SSSR count).